The standard InChI is InChI=1S/C12H15N5O3/c1-12(2)11(20)16-8(18)5-17(12)10-7(9(14)19)3-6(13)4-15-10/h3-4H,5,13H2,1-2H3,(H2,14,19)(H,16,18,20). The Morgan fingerprint density at radius 2 is 2.10 bits per heavy atom. The Bertz CT molecular complexity index is 611. The predicted molar refractivity (Wildman–Crippen MR) is 71.7 cm³/mol. The van der Waals surface area contributed by atoms with Gasteiger partial charge in [0.05, 0.1) is 24.0 Å². The molecule has 2 rings (SSSR count). The molecule has 8 nitrogen and oxygen atoms in total. The van der Waals surface area contributed by atoms with E-state index < -0.39 is 23.3 Å². The van der Waals surface area contributed by atoms with E-state index in [0.717, 1.165) is 0 Å². The van der Waals surface area contributed by atoms with Crippen LogP contribution >= 0.6 is 0 Å². The molecular formula is C12H15N5O3. The molecule has 0 radical (unpaired) electrons. The van der Waals surface area contributed by atoms with E-state index in [1.165, 1.54) is 17.2 Å². The summed E-state index contributed by atoms with van der Waals surface area (Å²) >= 11 is 0. The van der Waals surface area contributed by atoms with Crippen LogP contribution < -0.4 is 21.7 Å². The van der Waals surface area contributed by atoms with Crippen LogP contribution in [-0.2, 0) is 9.59 Å². The van der Waals surface area contributed by atoms with E-state index in [0.29, 0.717) is 0 Å². The number of amides is 3. The number of hydrogen-bond donors (Lipinski definition) is 3. The minimum absolute atomic E-state index is 0.0700. The van der Waals surface area contributed by atoms with Crippen molar-refractivity contribution in [3.63, 3.8) is 0 Å². The van der Waals surface area contributed by atoms with Gasteiger partial charge in [-0.1, -0.05) is 0 Å². The number of rotatable bonds is 2. The molecule has 0 spiro atoms. The number of nitrogen functional groups attached to an aromatic ring is 1. The number of anilines is 2. The minimum atomic E-state index is -1.04. The maximum atomic E-state index is 11.9. The molecule has 1 aromatic rings. The normalized spacial score (nSPS) is 17.8. The van der Waals surface area contributed by atoms with Crippen LogP contribution in [0.25, 0.3) is 0 Å². The highest BCUT2D eigenvalue weighted by atomic mass is 16.2. The van der Waals surface area contributed by atoms with Gasteiger partial charge in [-0.2, -0.15) is 0 Å². The van der Waals surface area contributed by atoms with Crippen molar-refractivity contribution in [2.75, 3.05) is 17.2 Å². The molecule has 0 aromatic carbocycles. The molecule has 0 aliphatic carbocycles. The summed E-state index contributed by atoms with van der Waals surface area (Å²) in [5.74, 6) is -1.50. The zero-order valence-corrected chi connectivity index (χ0v) is 11.1. The van der Waals surface area contributed by atoms with E-state index in [4.69, 9.17) is 11.5 Å². The lowest BCUT2D eigenvalue weighted by Crippen LogP contribution is -2.64. The van der Waals surface area contributed by atoms with Gasteiger partial charge in [0.15, 0.2) is 0 Å². The third-order valence-electron chi connectivity index (χ3n) is 3.19. The number of nitrogens with zero attached hydrogens (tertiary/aromatic N) is 2. The van der Waals surface area contributed by atoms with Gasteiger partial charge in [0.1, 0.15) is 11.4 Å². The van der Waals surface area contributed by atoms with Gasteiger partial charge in [-0.25, -0.2) is 4.98 Å². The highest BCUT2D eigenvalue weighted by Gasteiger charge is 2.42. The summed E-state index contributed by atoms with van der Waals surface area (Å²) in [6.45, 7) is 3.14. The molecule has 0 unspecified atom stereocenters. The number of carbonyl (C=O) groups is 3. The first-order valence-electron chi connectivity index (χ1n) is 5.90. The second-order valence-electron chi connectivity index (χ2n) is 5.03. The first-order valence-corrected chi connectivity index (χ1v) is 5.90. The second kappa shape index (κ2) is 4.48. The number of nitrogens with two attached hydrogens (primary N) is 2. The Hall–Kier alpha value is -2.64. The summed E-state index contributed by atoms with van der Waals surface area (Å²) in [7, 11) is 0. The number of imide groups is 1. The fraction of sp³-hybridized carbons (Fsp3) is 0.333. The molecule has 2 heterocycles. The van der Waals surface area contributed by atoms with Crippen molar-refractivity contribution < 1.29 is 14.4 Å². The third-order valence-corrected chi connectivity index (χ3v) is 3.19. The molecule has 0 atom stereocenters. The first-order chi connectivity index (χ1) is 9.23. The molecular weight excluding hydrogens is 262 g/mol. The average Bonchev–Trinajstić information content (AvgIpc) is 2.34. The van der Waals surface area contributed by atoms with Gasteiger partial charge in [0, 0.05) is 0 Å². The van der Waals surface area contributed by atoms with E-state index in [2.05, 4.69) is 10.3 Å². The molecule has 5 N–H and O–H groups in total. The van der Waals surface area contributed by atoms with Crippen LogP contribution in [0.5, 0.6) is 0 Å². The topological polar surface area (TPSA) is 131 Å². The number of aromatic nitrogens is 1. The monoisotopic (exact) mass is 277 g/mol. The van der Waals surface area contributed by atoms with Crippen molar-refractivity contribution in [1.29, 1.82) is 0 Å². The van der Waals surface area contributed by atoms with Gasteiger partial charge in [0.25, 0.3) is 11.8 Å². The van der Waals surface area contributed by atoms with E-state index >= 15 is 0 Å². The Labute approximate surface area is 115 Å². The summed E-state index contributed by atoms with van der Waals surface area (Å²) in [5.41, 5.74) is 10.2. The lowest BCUT2D eigenvalue weighted by molar-refractivity contribution is -0.135. The summed E-state index contributed by atoms with van der Waals surface area (Å²) in [5, 5.41) is 2.24. The molecule has 20 heavy (non-hydrogen) atoms. The summed E-state index contributed by atoms with van der Waals surface area (Å²) in [4.78, 5) is 40.5. The van der Waals surface area contributed by atoms with Crippen LogP contribution in [-0.4, -0.2) is 34.8 Å². The zero-order valence-electron chi connectivity index (χ0n) is 11.1. The van der Waals surface area contributed by atoms with Crippen LogP contribution in [0.4, 0.5) is 11.5 Å². The van der Waals surface area contributed by atoms with Crippen molar-refractivity contribution in [3.05, 3.63) is 17.8 Å². The number of hydrogen-bond acceptors (Lipinski definition) is 6. The average molecular weight is 277 g/mol. The summed E-state index contributed by atoms with van der Waals surface area (Å²) in [6, 6.07) is 1.37. The van der Waals surface area contributed by atoms with Gasteiger partial charge in [-0.3, -0.25) is 19.7 Å². The van der Waals surface area contributed by atoms with Crippen LogP contribution in [0.15, 0.2) is 12.3 Å². The number of carbonyl (C=O) groups excluding carboxylic acids is 3. The predicted octanol–water partition coefficient (Wildman–Crippen LogP) is -0.996. The minimum Gasteiger partial charge on any atom is -0.397 e. The number of primary amides is 1. The van der Waals surface area contributed by atoms with Gasteiger partial charge < -0.3 is 16.4 Å². The van der Waals surface area contributed by atoms with Gasteiger partial charge in [-0.15, -0.1) is 0 Å². The maximum Gasteiger partial charge on any atom is 0.252 e. The SMILES string of the molecule is CC1(C)C(=O)NC(=O)CN1c1ncc(N)cc1C(N)=O. The fourth-order valence-corrected chi connectivity index (χ4v) is 1.99. The van der Waals surface area contributed by atoms with Crippen molar-refractivity contribution >= 4 is 29.2 Å². The largest absolute Gasteiger partial charge is 0.397 e. The summed E-state index contributed by atoms with van der Waals surface area (Å²) in [6.07, 6.45) is 1.34. The van der Waals surface area contributed by atoms with E-state index in [1.807, 2.05) is 0 Å². The van der Waals surface area contributed by atoms with Crippen LogP contribution in [0, 0.1) is 0 Å². The molecule has 8 heteroatoms. The number of nitrogens with one attached hydrogen (secondary N) is 1. The molecule has 0 saturated carbocycles. The van der Waals surface area contributed by atoms with Crippen molar-refractivity contribution in [2.24, 2.45) is 5.73 Å². The molecule has 3 amide bonds. The second-order valence-corrected chi connectivity index (χ2v) is 5.03. The highest BCUT2D eigenvalue weighted by Crippen LogP contribution is 2.28. The summed E-state index contributed by atoms with van der Waals surface area (Å²) < 4.78 is 0. The number of piperazine rings is 1. The zero-order chi connectivity index (χ0) is 15.1. The first kappa shape index (κ1) is 13.8. The van der Waals surface area contributed by atoms with Crippen LogP contribution in [0.1, 0.15) is 24.2 Å². The molecule has 1 aromatic heterocycles. The van der Waals surface area contributed by atoms with Crippen molar-refractivity contribution in [2.45, 2.75) is 19.4 Å². The maximum absolute atomic E-state index is 11.9. The molecule has 1 aliphatic rings. The van der Waals surface area contributed by atoms with Gasteiger partial charge in [-0.05, 0) is 19.9 Å². The molecule has 1 aliphatic heterocycles. The molecule has 106 valence electrons. The third kappa shape index (κ3) is 2.15. The van der Waals surface area contributed by atoms with Crippen LogP contribution in [0.3, 0.4) is 0 Å². The van der Waals surface area contributed by atoms with Crippen molar-refractivity contribution in [1.82, 2.24) is 10.3 Å². The van der Waals surface area contributed by atoms with E-state index in [9.17, 15) is 14.4 Å². The lowest BCUT2D eigenvalue weighted by Gasteiger charge is -2.41. The molecule has 1 fully saturated rings. The lowest BCUT2D eigenvalue weighted by atomic mass is 9.97. The quantitative estimate of drug-likeness (QED) is 0.594. The van der Waals surface area contributed by atoms with E-state index in [-0.39, 0.29) is 23.6 Å². The Balaban J connectivity index is 2.57. The smallest absolute Gasteiger partial charge is 0.252 e. The molecule has 0 bridgehead atoms. The number of pyridine rings is 1. The van der Waals surface area contributed by atoms with Crippen LogP contribution in [0.2, 0.25) is 0 Å². The fourth-order valence-electron chi connectivity index (χ4n) is 1.99. The van der Waals surface area contributed by atoms with E-state index in [1.54, 1.807) is 13.8 Å². The highest BCUT2D eigenvalue weighted by molar-refractivity contribution is 6.08. The Morgan fingerprint density at radius 3 is 2.70 bits per heavy atom. The molecule has 1 saturated heterocycles. The van der Waals surface area contributed by atoms with Gasteiger partial charge in [0.2, 0.25) is 5.91 Å². The Morgan fingerprint density at radius 1 is 1.45 bits per heavy atom. The van der Waals surface area contributed by atoms with Gasteiger partial charge >= 0.3 is 0 Å². The van der Waals surface area contributed by atoms with Crippen molar-refractivity contribution in [3.8, 4) is 0 Å². The Kier molecular flexibility index (Phi) is 3.09.